The van der Waals surface area contributed by atoms with Crippen LogP contribution in [0.3, 0.4) is 0 Å². The van der Waals surface area contributed by atoms with Crippen molar-refractivity contribution in [1.29, 1.82) is 0 Å². The van der Waals surface area contributed by atoms with Crippen molar-refractivity contribution in [3.63, 3.8) is 0 Å². The smallest absolute Gasteiger partial charge is 0.289 e. The number of rotatable bonds is 4. The highest BCUT2D eigenvalue weighted by Gasteiger charge is 2.48. The molecule has 130 valence electrons. The molecule has 0 bridgehead atoms. The minimum absolute atomic E-state index is 0.0356. The van der Waals surface area contributed by atoms with E-state index >= 15 is 0 Å². The van der Waals surface area contributed by atoms with E-state index in [0.717, 1.165) is 12.2 Å². The molecule has 0 saturated heterocycles. The molecule has 3 rings (SSSR count). The van der Waals surface area contributed by atoms with Gasteiger partial charge in [-0.1, -0.05) is 12.2 Å². The lowest BCUT2D eigenvalue weighted by Gasteiger charge is -2.04. The second-order valence-electron chi connectivity index (χ2n) is 5.08. The molecule has 0 radical (unpaired) electrons. The van der Waals surface area contributed by atoms with E-state index in [1.165, 1.54) is 12.2 Å². The van der Waals surface area contributed by atoms with Crippen molar-refractivity contribution in [3.05, 3.63) is 74.7 Å². The first-order valence-corrected chi connectivity index (χ1v) is 6.63. The number of allylic oxidation sites excluding steroid dienone is 4. The Labute approximate surface area is 140 Å². The monoisotopic (exact) mass is 360 g/mol. The third-order valence-electron chi connectivity index (χ3n) is 3.77. The average molecular weight is 360 g/mol. The number of benzene rings is 1. The molecule has 0 amide bonds. The highest BCUT2D eigenvalue weighted by molar-refractivity contribution is 6.30. The minimum atomic E-state index is -1.64. The zero-order chi connectivity index (χ0) is 19.3. The number of hydrogen-bond acceptors (Lipinski definition) is 9. The van der Waals surface area contributed by atoms with Crippen LogP contribution in [-0.2, 0) is 4.79 Å². The van der Waals surface area contributed by atoms with E-state index in [1.807, 2.05) is 0 Å². The molecule has 0 heterocycles. The number of ketones is 1. The molecule has 0 spiro atoms. The molecule has 1 aromatic carbocycles. The molecule has 0 fully saturated rings. The number of carbonyl (C=O) groups is 1. The molecule has 13 heteroatoms. The van der Waals surface area contributed by atoms with Gasteiger partial charge in [0.2, 0.25) is 0 Å². The standard InChI is InChI=1S/C13H4N4O9/c18-7-3-1-2-5-4-6-9(8(5)7)11(15(21)22)13(17(25)26)12(16(23)24)10(6)14(19)20/h1-4H. The van der Waals surface area contributed by atoms with Crippen molar-refractivity contribution in [2.75, 3.05) is 0 Å². The molecule has 0 saturated carbocycles. The predicted molar refractivity (Wildman–Crippen MR) is 82.4 cm³/mol. The van der Waals surface area contributed by atoms with Crippen molar-refractivity contribution in [1.82, 2.24) is 0 Å². The molecule has 2 aliphatic carbocycles. The van der Waals surface area contributed by atoms with Crippen LogP contribution in [0, 0.1) is 40.5 Å². The lowest BCUT2D eigenvalue weighted by molar-refractivity contribution is -0.452. The van der Waals surface area contributed by atoms with Gasteiger partial charge in [0, 0.05) is 5.57 Å². The third-order valence-corrected chi connectivity index (χ3v) is 3.77. The van der Waals surface area contributed by atoms with Crippen LogP contribution in [0.15, 0.2) is 23.8 Å². The van der Waals surface area contributed by atoms with E-state index in [-0.39, 0.29) is 11.1 Å². The average Bonchev–Trinajstić information content (AvgIpc) is 2.91. The summed E-state index contributed by atoms with van der Waals surface area (Å²) in [5, 5.41) is 44.2. The van der Waals surface area contributed by atoms with Crippen molar-refractivity contribution < 1.29 is 24.5 Å². The van der Waals surface area contributed by atoms with E-state index in [1.54, 1.807) is 0 Å². The Morgan fingerprint density at radius 1 is 0.731 bits per heavy atom. The van der Waals surface area contributed by atoms with E-state index < -0.39 is 58.7 Å². The summed E-state index contributed by atoms with van der Waals surface area (Å²) >= 11 is 0. The zero-order valence-corrected chi connectivity index (χ0v) is 12.3. The van der Waals surface area contributed by atoms with Crippen molar-refractivity contribution in [2.45, 2.75) is 0 Å². The topological polar surface area (TPSA) is 190 Å². The Balaban J connectivity index is 2.78. The second-order valence-corrected chi connectivity index (χ2v) is 5.08. The molecule has 0 aromatic heterocycles. The van der Waals surface area contributed by atoms with Gasteiger partial charge in [0.25, 0.3) is 0 Å². The van der Waals surface area contributed by atoms with Crippen LogP contribution in [0.2, 0.25) is 0 Å². The molecule has 26 heavy (non-hydrogen) atoms. The largest absolute Gasteiger partial charge is 0.430 e. The fraction of sp³-hybridized carbons (Fsp3) is 0. The first-order valence-electron chi connectivity index (χ1n) is 6.63. The fourth-order valence-corrected chi connectivity index (χ4v) is 2.91. The van der Waals surface area contributed by atoms with Crippen LogP contribution in [0.1, 0.15) is 0 Å². The molecular formula is C13H4N4O9. The molecule has 0 atom stereocenters. The first kappa shape index (κ1) is 16.6. The van der Waals surface area contributed by atoms with Gasteiger partial charge in [-0.2, -0.15) is 0 Å². The van der Waals surface area contributed by atoms with Crippen molar-refractivity contribution in [2.24, 2.45) is 0 Å². The Bertz CT molecular complexity index is 1160. The van der Waals surface area contributed by atoms with Gasteiger partial charge >= 0.3 is 22.7 Å². The van der Waals surface area contributed by atoms with Gasteiger partial charge < -0.3 is 0 Å². The van der Waals surface area contributed by atoms with Gasteiger partial charge in [0.1, 0.15) is 0 Å². The van der Waals surface area contributed by atoms with E-state index in [9.17, 15) is 45.3 Å². The Hall–Kier alpha value is -4.29. The summed E-state index contributed by atoms with van der Waals surface area (Å²) in [6.45, 7) is 0. The molecule has 0 unspecified atom stereocenters. The van der Waals surface area contributed by atoms with Crippen molar-refractivity contribution >= 4 is 40.2 Å². The Morgan fingerprint density at radius 3 is 1.73 bits per heavy atom. The molecule has 0 aliphatic heterocycles. The highest BCUT2D eigenvalue weighted by atomic mass is 16.7. The quantitative estimate of drug-likeness (QED) is 0.537. The third kappa shape index (κ3) is 2.07. The lowest BCUT2D eigenvalue weighted by atomic mass is 9.98. The first-order chi connectivity index (χ1) is 12.2. The number of hydrogen-bond donors (Lipinski definition) is 0. The summed E-state index contributed by atoms with van der Waals surface area (Å²) in [5.41, 5.74) is -6.18. The summed E-state index contributed by atoms with van der Waals surface area (Å²) in [7, 11) is 0. The van der Waals surface area contributed by atoms with E-state index in [4.69, 9.17) is 0 Å². The lowest BCUT2D eigenvalue weighted by Crippen LogP contribution is -2.32. The summed E-state index contributed by atoms with van der Waals surface area (Å²) < 4.78 is 0. The fourth-order valence-electron chi connectivity index (χ4n) is 2.91. The Kier molecular flexibility index (Phi) is 3.42. The minimum Gasteiger partial charge on any atom is -0.289 e. The van der Waals surface area contributed by atoms with E-state index in [2.05, 4.69) is 0 Å². The maximum Gasteiger partial charge on any atom is 0.430 e. The number of nitro groups is 4. The van der Waals surface area contributed by atoms with Gasteiger partial charge in [-0.25, -0.2) is 0 Å². The van der Waals surface area contributed by atoms with Gasteiger partial charge in [0.05, 0.1) is 30.1 Å². The van der Waals surface area contributed by atoms with Crippen LogP contribution in [0.5, 0.6) is 0 Å². The number of carbonyl (C=O) groups excluding carboxylic acids is 1. The van der Waals surface area contributed by atoms with Crippen LogP contribution >= 0.6 is 0 Å². The maximum atomic E-state index is 12.1. The molecule has 0 N–H and O–H groups in total. The number of fused-ring (bicyclic) bond motifs is 2. The van der Waals surface area contributed by atoms with Gasteiger partial charge in [-0.05, 0) is 17.7 Å². The predicted octanol–water partition coefficient (Wildman–Crippen LogP) is 0.329. The number of nitro benzene ring substituents is 4. The van der Waals surface area contributed by atoms with Crippen molar-refractivity contribution in [3.8, 4) is 0 Å². The maximum absolute atomic E-state index is 12.1. The van der Waals surface area contributed by atoms with Crippen LogP contribution in [0.25, 0.3) is 11.6 Å². The van der Waals surface area contributed by atoms with Gasteiger partial charge in [-0.3, -0.25) is 45.3 Å². The van der Waals surface area contributed by atoms with E-state index in [0.29, 0.717) is 0 Å². The van der Waals surface area contributed by atoms with Crippen LogP contribution in [-0.4, -0.2) is 25.5 Å². The zero-order valence-electron chi connectivity index (χ0n) is 12.3. The summed E-state index contributed by atoms with van der Waals surface area (Å²) in [6.07, 6.45) is 4.60. The highest BCUT2D eigenvalue weighted by Crippen LogP contribution is 2.40. The normalized spacial score (nSPS) is 14.2. The van der Waals surface area contributed by atoms with Gasteiger partial charge in [0.15, 0.2) is 5.78 Å². The molecule has 2 aliphatic rings. The summed E-state index contributed by atoms with van der Waals surface area (Å²) in [5.74, 6) is -0.766. The van der Waals surface area contributed by atoms with Crippen LogP contribution in [0.4, 0.5) is 22.7 Å². The second kappa shape index (κ2) is 5.37. The summed E-state index contributed by atoms with van der Waals surface area (Å²) in [4.78, 5) is 52.2. The van der Waals surface area contributed by atoms with Gasteiger partial charge in [-0.15, -0.1) is 0 Å². The Morgan fingerprint density at radius 2 is 1.23 bits per heavy atom. The SMILES string of the molecule is O=C1C=CC=C2C=c3c([N+](=O)[O-])c([N+](=O)[O-])c([N+](=O)[O-])c([N+](=O)[O-])c3=C12. The molecule has 13 nitrogen and oxygen atoms in total. The molecule has 1 aromatic rings. The number of nitrogens with zero attached hydrogens (tertiary/aromatic N) is 4. The van der Waals surface area contributed by atoms with Crippen LogP contribution < -0.4 is 10.4 Å². The molecular weight excluding hydrogens is 356 g/mol. The summed E-state index contributed by atoms with van der Waals surface area (Å²) in [6, 6.07) is 0.